The number of aromatic amines is 2. The number of pyridine rings is 2. The number of hydrogen-bond donors (Lipinski definition) is 2. The minimum atomic E-state index is 0.741. The number of rotatable bonds is 0. The molecular formula is C25H26N8. The molecule has 0 amide bonds. The molecule has 166 valence electrons. The first-order valence-electron chi connectivity index (χ1n) is 11.3. The summed E-state index contributed by atoms with van der Waals surface area (Å²) in [6.07, 6.45) is 9.84. The van der Waals surface area contributed by atoms with Gasteiger partial charge in [-0.25, -0.2) is 4.98 Å². The molecule has 0 atom stereocenters. The quantitative estimate of drug-likeness (QED) is 0.376. The predicted octanol–water partition coefficient (Wildman–Crippen LogP) is 4.23. The lowest BCUT2D eigenvalue weighted by Crippen LogP contribution is -2.22. The molecule has 8 heteroatoms. The van der Waals surface area contributed by atoms with Crippen LogP contribution in [0.2, 0.25) is 0 Å². The van der Waals surface area contributed by atoms with Crippen molar-refractivity contribution in [2.75, 3.05) is 32.1 Å². The Kier molecular flexibility index (Phi) is 4.80. The maximum absolute atomic E-state index is 4.95. The molecule has 2 N–H and O–H groups in total. The van der Waals surface area contributed by atoms with Crippen molar-refractivity contribution < 1.29 is 0 Å². The lowest BCUT2D eigenvalue weighted by Gasteiger charge is -2.21. The number of hydrogen-bond acceptors (Lipinski definition) is 6. The molecule has 1 aromatic carbocycles. The van der Waals surface area contributed by atoms with Gasteiger partial charge in [0.25, 0.3) is 0 Å². The lowest BCUT2D eigenvalue weighted by molar-refractivity contribution is 0.319. The van der Waals surface area contributed by atoms with Crippen LogP contribution in [0.15, 0.2) is 49.1 Å². The van der Waals surface area contributed by atoms with E-state index in [1.54, 1.807) is 0 Å². The summed E-state index contributed by atoms with van der Waals surface area (Å²) in [6.45, 7) is 2.87. The minimum Gasteiger partial charge on any atom is -0.372 e. The second-order valence-corrected chi connectivity index (χ2v) is 8.92. The Labute approximate surface area is 191 Å². The Morgan fingerprint density at radius 1 is 0.879 bits per heavy atom. The number of H-pyrrole nitrogens is 2. The van der Waals surface area contributed by atoms with Crippen LogP contribution in [0.25, 0.3) is 44.6 Å². The van der Waals surface area contributed by atoms with Crippen molar-refractivity contribution in [1.82, 2.24) is 35.0 Å². The van der Waals surface area contributed by atoms with Gasteiger partial charge in [-0.1, -0.05) is 6.07 Å². The van der Waals surface area contributed by atoms with Crippen LogP contribution in [-0.2, 0) is 6.54 Å². The van der Waals surface area contributed by atoms with Crippen LogP contribution in [0.1, 0.15) is 18.4 Å². The number of anilines is 1. The van der Waals surface area contributed by atoms with Crippen molar-refractivity contribution in [2.45, 2.75) is 19.4 Å². The smallest absolute Gasteiger partial charge is 0.159 e. The summed E-state index contributed by atoms with van der Waals surface area (Å²) in [6, 6.07) is 8.59. The molecule has 0 saturated heterocycles. The standard InChI is InChI=1S/C25H26N8/c1-32-7-3-4-8-33(2)22-14-27-13-21-24(22)29-25(28-21)23-19-10-17(5-6-20(19)30-31-23)18-9-16(15-32)11-26-12-18/h5-6,9-14H,3-4,7-8,15H2,1-2H3,(H,28,29)(H,30,31). The number of fused-ring (bicyclic) bond motifs is 6. The van der Waals surface area contributed by atoms with E-state index in [0.717, 1.165) is 82.7 Å². The molecule has 4 aromatic heterocycles. The average Bonchev–Trinajstić information content (AvgIpc) is 3.44. The summed E-state index contributed by atoms with van der Waals surface area (Å²) in [5, 5.41) is 8.78. The van der Waals surface area contributed by atoms with Gasteiger partial charge in [0, 0.05) is 43.5 Å². The molecule has 0 saturated carbocycles. The van der Waals surface area contributed by atoms with Gasteiger partial charge in [-0.2, -0.15) is 5.10 Å². The minimum absolute atomic E-state index is 0.741. The van der Waals surface area contributed by atoms with E-state index in [4.69, 9.17) is 4.98 Å². The maximum Gasteiger partial charge on any atom is 0.159 e. The molecule has 0 radical (unpaired) electrons. The van der Waals surface area contributed by atoms with Crippen LogP contribution in [0.4, 0.5) is 5.69 Å². The van der Waals surface area contributed by atoms with Crippen molar-refractivity contribution in [3.05, 3.63) is 54.6 Å². The second-order valence-electron chi connectivity index (χ2n) is 8.92. The Morgan fingerprint density at radius 3 is 2.70 bits per heavy atom. The van der Waals surface area contributed by atoms with Gasteiger partial charge < -0.3 is 14.8 Å². The Bertz CT molecular complexity index is 1450. The number of nitrogens with one attached hydrogen (secondary N) is 2. The molecule has 0 unspecified atom stereocenters. The second kappa shape index (κ2) is 7.97. The van der Waals surface area contributed by atoms with Crippen LogP contribution >= 0.6 is 0 Å². The zero-order valence-electron chi connectivity index (χ0n) is 18.8. The fourth-order valence-corrected chi connectivity index (χ4v) is 4.66. The molecule has 0 fully saturated rings. The normalized spacial score (nSPS) is 15.4. The predicted molar refractivity (Wildman–Crippen MR) is 131 cm³/mol. The molecule has 0 aliphatic carbocycles. The zero-order chi connectivity index (χ0) is 22.4. The van der Waals surface area contributed by atoms with Gasteiger partial charge >= 0.3 is 0 Å². The topological polar surface area (TPSA) is 89.6 Å². The van der Waals surface area contributed by atoms with Gasteiger partial charge in [0.05, 0.1) is 29.1 Å². The summed E-state index contributed by atoms with van der Waals surface area (Å²) < 4.78 is 0. The highest BCUT2D eigenvalue weighted by Crippen LogP contribution is 2.32. The van der Waals surface area contributed by atoms with E-state index in [1.165, 1.54) is 5.56 Å². The summed E-state index contributed by atoms with van der Waals surface area (Å²) in [5.74, 6) is 0.741. The average molecular weight is 439 g/mol. The third-order valence-corrected chi connectivity index (χ3v) is 6.44. The van der Waals surface area contributed by atoms with E-state index in [1.807, 2.05) is 24.8 Å². The SMILES string of the molecule is CN1CCCCN(C)c2cncc3[nH]c(nc23)-c2n[nH]c3ccc(cc23)-c2cncc(c2)C1. The van der Waals surface area contributed by atoms with Crippen LogP contribution in [-0.4, -0.2) is 62.2 Å². The van der Waals surface area contributed by atoms with E-state index in [2.05, 4.69) is 73.3 Å². The molecule has 6 bridgehead atoms. The molecule has 33 heavy (non-hydrogen) atoms. The van der Waals surface area contributed by atoms with E-state index in [0.29, 0.717) is 0 Å². The van der Waals surface area contributed by atoms with E-state index < -0.39 is 0 Å². The highest BCUT2D eigenvalue weighted by atomic mass is 15.2. The van der Waals surface area contributed by atoms with Gasteiger partial charge in [0.15, 0.2) is 5.82 Å². The monoisotopic (exact) mass is 438 g/mol. The molecule has 0 spiro atoms. The van der Waals surface area contributed by atoms with Crippen LogP contribution in [0, 0.1) is 0 Å². The Hall–Kier alpha value is -3.78. The van der Waals surface area contributed by atoms with Gasteiger partial charge in [-0.05, 0) is 55.8 Å². The molecule has 5 aromatic rings. The molecule has 5 heterocycles. The van der Waals surface area contributed by atoms with Crippen LogP contribution in [0.5, 0.6) is 0 Å². The van der Waals surface area contributed by atoms with Crippen LogP contribution in [0.3, 0.4) is 0 Å². The maximum atomic E-state index is 4.95. The van der Waals surface area contributed by atoms with Gasteiger partial charge in [0.2, 0.25) is 0 Å². The summed E-state index contributed by atoms with van der Waals surface area (Å²) in [5.41, 5.74) is 8.08. The van der Waals surface area contributed by atoms with Crippen molar-refractivity contribution in [3.8, 4) is 22.6 Å². The van der Waals surface area contributed by atoms with Crippen molar-refractivity contribution in [1.29, 1.82) is 0 Å². The fourth-order valence-electron chi connectivity index (χ4n) is 4.66. The number of nitrogens with zero attached hydrogens (tertiary/aromatic N) is 6. The van der Waals surface area contributed by atoms with Gasteiger partial charge in [0.1, 0.15) is 11.2 Å². The summed E-state index contributed by atoms with van der Waals surface area (Å²) >= 11 is 0. The lowest BCUT2D eigenvalue weighted by atomic mass is 10.0. The number of aromatic nitrogens is 6. The zero-order valence-corrected chi connectivity index (χ0v) is 18.8. The van der Waals surface area contributed by atoms with E-state index >= 15 is 0 Å². The van der Waals surface area contributed by atoms with Crippen molar-refractivity contribution in [2.24, 2.45) is 0 Å². The van der Waals surface area contributed by atoms with Gasteiger partial charge in [-0.15, -0.1) is 0 Å². The fraction of sp³-hybridized carbons (Fsp3) is 0.280. The third-order valence-electron chi connectivity index (χ3n) is 6.44. The molecule has 6 rings (SSSR count). The molecule has 1 aliphatic heterocycles. The highest BCUT2D eigenvalue weighted by Gasteiger charge is 2.17. The first kappa shape index (κ1) is 19.9. The summed E-state index contributed by atoms with van der Waals surface area (Å²) in [4.78, 5) is 22.0. The highest BCUT2D eigenvalue weighted by molar-refractivity contribution is 5.97. The number of benzene rings is 1. The first-order chi connectivity index (χ1) is 16.2. The van der Waals surface area contributed by atoms with Crippen molar-refractivity contribution >= 4 is 27.6 Å². The molecule has 1 aliphatic rings. The van der Waals surface area contributed by atoms with E-state index in [-0.39, 0.29) is 0 Å². The molecule has 8 nitrogen and oxygen atoms in total. The van der Waals surface area contributed by atoms with E-state index in [9.17, 15) is 0 Å². The first-order valence-corrected chi connectivity index (χ1v) is 11.3. The summed E-state index contributed by atoms with van der Waals surface area (Å²) in [7, 11) is 4.29. The number of imidazole rings is 1. The Morgan fingerprint density at radius 2 is 1.76 bits per heavy atom. The molecular weight excluding hydrogens is 412 g/mol. The van der Waals surface area contributed by atoms with Gasteiger partial charge in [-0.3, -0.25) is 15.1 Å². The third kappa shape index (κ3) is 3.62. The Balaban J connectivity index is 1.53. The van der Waals surface area contributed by atoms with Crippen LogP contribution < -0.4 is 4.90 Å². The van der Waals surface area contributed by atoms with Crippen molar-refractivity contribution in [3.63, 3.8) is 0 Å². The largest absolute Gasteiger partial charge is 0.372 e.